The van der Waals surface area contributed by atoms with Crippen LogP contribution < -0.4 is 14.9 Å². The van der Waals surface area contributed by atoms with Gasteiger partial charge < -0.3 is 9.47 Å². The molecule has 3 rings (SSSR count). The molecule has 1 N–H and O–H groups in total. The van der Waals surface area contributed by atoms with E-state index in [1.807, 2.05) is 54.6 Å². The third-order valence-corrected chi connectivity index (χ3v) is 4.98. The maximum Gasteiger partial charge on any atom is 0.336 e. The van der Waals surface area contributed by atoms with Crippen molar-refractivity contribution < 1.29 is 19.1 Å². The zero-order chi connectivity index (χ0) is 23.5. The SMILES string of the molecule is CCc1ccc(OCC(=O)N/N=C\c2cc(Br)ccc2OC(=O)/C=C/c2ccccc2)cc1. The van der Waals surface area contributed by atoms with E-state index in [2.05, 4.69) is 33.4 Å². The first-order valence-electron chi connectivity index (χ1n) is 10.3. The molecule has 0 aromatic heterocycles. The average molecular weight is 507 g/mol. The average Bonchev–Trinajstić information content (AvgIpc) is 2.84. The summed E-state index contributed by atoms with van der Waals surface area (Å²) in [6, 6.07) is 22.1. The van der Waals surface area contributed by atoms with Crippen LogP contribution in [0, 0.1) is 0 Å². The van der Waals surface area contributed by atoms with Crippen LogP contribution in [0.4, 0.5) is 0 Å². The number of carbonyl (C=O) groups excluding carboxylic acids is 2. The van der Waals surface area contributed by atoms with Crippen molar-refractivity contribution in [2.45, 2.75) is 13.3 Å². The van der Waals surface area contributed by atoms with Gasteiger partial charge in [0.15, 0.2) is 6.61 Å². The second-order valence-corrected chi connectivity index (χ2v) is 7.84. The van der Waals surface area contributed by atoms with Crippen molar-refractivity contribution in [1.29, 1.82) is 0 Å². The molecule has 168 valence electrons. The summed E-state index contributed by atoms with van der Waals surface area (Å²) in [6.07, 6.45) is 5.36. The number of nitrogens with one attached hydrogen (secondary N) is 1. The minimum atomic E-state index is -0.526. The lowest BCUT2D eigenvalue weighted by atomic mass is 10.2. The Labute approximate surface area is 201 Å². The van der Waals surface area contributed by atoms with Crippen molar-refractivity contribution in [1.82, 2.24) is 5.43 Å². The van der Waals surface area contributed by atoms with Crippen LogP contribution in [0.5, 0.6) is 11.5 Å². The van der Waals surface area contributed by atoms with E-state index >= 15 is 0 Å². The number of carbonyl (C=O) groups is 2. The van der Waals surface area contributed by atoms with Crippen LogP contribution >= 0.6 is 15.9 Å². The molecule has 0 fully saturated rings. The van der Waals surface area contributed by atoms with E-state index in [0.29, 0.717) is 17.1 Å². The minimum absolute atomic E-state index is 0.173. The molecule has 6 nitrogen and oxygen atoms in total. The number of hydrogen-bond donors (Lipinski definition) is 1. The molecule has 0 aliphatic rings. The molecule has 0 aliphatic carbocycles. The summed E-state index contributed by atoms with van der Waals surface area (Å²) in [4.78, 5) is 24.2. The third-order valence-electron chi connectivity index (χ3n) is 4.49. The van der Waals surface area contributed by atoms with Crippen molar-refractivity contribution in [3.8, 4) is 11.5 Å². The van der Waals surface area contributed by atoms with Gasteiger partial charge in [-0.05, 0) is 54.0 Å². The van der Waals surface area contributed by atoms with Crippen molar-refractivity contribution in [3.63, 3.8) is 0 Å². The van der Waals surface area contributed by atoms with Gasteiger partial charge in [-0.15, -0.1) is 0 Å². The molecule has 1 amide bonds. The minimum Gasteiger partial charge on any atom is -0.484 e. The van der Waals surface area contributed by atoms with Gasteiger partial charge in [-0.25, -0.2) is 10.2 Å². The highest BCUT2D eigenvalue weighted by atomic mass is 79.9. The Bertz CT molecular complexity index is 1140. The summed E-state index contributed by atoms with van der Waals surface area (Å²) in [7, 11) is 0. The Morgan fingerprint density at radius 2 is 1.79 bits per heavy atom. The molecule has 33 heavy (non-hydrogen) atoms. The van der Waals surface area contributed by atoms with Crippen molar-refractivity contribution in [3.05, 3.63) is 100 Å². The van der Waals surface area contributed by atoms with Crippen LogP contribution in [0.3, 0.4) is 0 Å². The quantitative estimate of drug-likeness (QED) is 0.143. The zero-order valence-electron chi connectivity index (χ0n) is 18.0. The molecule has 0 atom stereocenters. The van der Waals surface area contributed by atoms with Crippen LogP contribution in [0.25, 0.3) is 6.08 Å². The maximum absolute atomic E-state index is 12.2. The third kappa shape index (κ3) is 8.05. The Morgan fingerprint density at radius 1 is 1.03 bits per heavy atom. The van der Waals surface area contributed by atoms with Gasteiger partial charge in [-0.3, -0.25) is 4.79 Å². The summed E-state index contributed by atoms with van der Waals surface area (Å²) in [6.45, 7) is 1.90. The van der Waals surface area contributed by atoms with Gasteiger partial charge in [0.05, 0.1) is 6.21 Å². The van der Waals surface area contributed by atoms with Gasteiger partial charge in [0.2, 0.25) is 0 Å². The molecule has 0 radical (unpaired) electrons. The number of esters is 1. The summed E-state index contributed by atoms with van der Waals surface area (Å²) >= 11 is 3.38. The van der Waals surface area contributed by atoms with Gasteiger partial charge >= 0.3 is 5.97 Å². The highest BCUT2D eigenvalue weighted by Gasteiger charge is 2.08. The molecule has 0 spiro atoms. The fraction of sp³-hybridized carbons (Fsp3) is 0.115. The number of rotatable bonds is 9. The monoisotopic (exact) mass is 506 g/mol. The van der Waals surface area contributed by atoms with E-state index in [9.17, 15) is 9.59 Å². The number of benzene rings is 3. The van der Waals surface area contributed by atoms with Crippen LogP contribution in [-0.4, -0.2) is 24.7 Å². The lowest BCUT2D eigenvalue weighted by molar-refractivity contribution is -0.129. The maximum atomic E-state index is 12.2. The lowest BCUT2D eigenvalue weighted by Gasteiger charge is -2.07. The predicted molar refractivity (Wildman–Crippen MR) is 132 cm³/mol. The van der Waals surface area contributed by atoms with Crippen LogP contribution in [-0.2, 0) is 16.0 Å². The number of ether oxygens (including phenoxy) is 2. The van der Waals surface area contributed by atoms with Crippen molar-refractivity contribution in [2.75, 3.05) is 6.61 Å². The molecule has 0 unspecified atom stereocenters. The Balaban J connectivity index is 1.56. The molecule has 3 aromatic rings. The highest BCUT2D eigenvalue weighted by Crippen LogP contribution is 2.22. The first-order valence-corrected chi connectivity index (χ1v) is 11.1. The number of hydrogen-bond acceptors (Lipinski definition) is 5. The van der Waals surface area contributed by atoms with E-state index in [0.717, 1.165) is 16.5 Å². The van der Waals surface area contributed by atoms with Gasteiger partial charge in [0.25, 0.3) is 5.91 Å². The molecule has 0 saturated carbocycles. The fourth-order valence-electron chi connectivity index (χ4n) is 2.76. The molecule has 0 saturated heterocycles. The van der Waals surface area contributed by atoms with E-state index in [1.165, 1.54) is 17.9 Å². The lowest BCUT2D eigenvalue weighted by Crippen LogP contribution is -2.24. The van der Waals surface area contributed by atoms with Crippen LogP contribution in [0.1, 0.15) is 23.6 Å². The number of halogens is 1. The number of aryl methyl sites for hydroxylation is 1. The van der Waals surface area contributed by atoms with E-state index in [-0.39, 0.29) is 6.61 Å². The van der Waals surface area contributed by atoms with Gasteiger partial charge in [0, 0.05) is 16.1 Å². The summed E-state index contributed by atoms with van der Waals surface area (Å²) in [5.74, 6) is -0.0187. The second-order valence-electron chi connectivity index (χ2n) is 6.93. The molecular formula is C26H23BrN2O4. The predicted octanol–water partition coefficient (Wildman–Crippen LogP) is 5.16. The standard InChI is InChI=1S/C26H23BrN2O4/c1-2-19-8-12-23(13-9-19)32-18-25(30)29-28-17-21-16-22(27)11-14-24(21)33-26(31)15-10-20-6-4-3-5-7-20/h3-17H,2,18H2,1H3,(H,29,30)/b15-10+,28-17-. The van der Waals surface area contributed by atoms with E-state index < -0.39 is 11.9 Å². The molecule has 7 heteroatoms. The Kier molecular flexibility index (Phi) is 8.97. The summed E-state index contributed by atoms with van der Waals surface area (Å²) < 4.78 is 11.7. The highest BCUT2D eigenvalue weighted by molar-refractivity contribution is 9.10. The first-order chi connectivity index (χ1) is 16.0. The van der Waals surface area contributed by atoms with Gasteiger partial charge in [-0.1, -0.05) is 65.3 Å². The Morgan fingerprint density at radius 3 is 2.52 bits per heavy atom. The van der Waals surface area contributed by atoms with Crippen molar-refractivity contribution >= 4 is 40.1 Å². The zero-order valence-corrected chi connectivity index (χ0v) is 19.6. The van der Waals surface area contributed by atoms with E-state index in [4.69, 9.17) is 9.47 Å². The fourth-order valence-corrected chi connectivity index (χ4v) is 3.14. The number of amides is 1. The van der Waals surface area contributed by atoms with Crippen LogP contribution in [0.2, 0.25) is 0 Å². The number of nitrogens with zero attached hydrogens (tertiary/aromatic N) is 1. The summed E-state index contributed by atoms with van der Waals surface area (Å²) in [5.41, 5.74) is 5.00. The normalized spacial score (nSPS) is 11.0. The summed E-state index contributed by atoms with van der Waals surface area (Å²) in [5, 5.41) is 3.95. The Hall–Kier alpha value is -3.71. The smallest absolute Gasteiger partial charge is 0.336 e. The first kappa shape index (κ1) is 23.9. The van der Waals surface area contributed by atoms with E-state index in [1.54, 1.807) is 24.3 Å². The second kappa shape index (κ2) is 12.4. The molecular weight excluding hydrogens is 484 g/mol. The molecule has 0 bridgehead atoms. The van der Waals surface area contributed by atoms with Crippen molar-refractivity contribution in [2.24, 2.45) is 5.10 Å². The van der Waals surface area contributed by atoms with Crippen LogP contribution in [0.15, 0.2) is 88.4 Å². The largest absolute Gasteiger partial charge is 0.484 e. The molecule has 3 aromatic carbocycles. The molecule has 0 aliphatic heterocycles. The van der Waals surface area contributed by atoms with Gasteiger partial charge in [-0.2, -0.15) is 5.10 Å². The van der Waals surface area contributed by atoms with Gasteiger partial charge in [0.1, 0.15) is 11.5 Å². The topological polar surface area (TPSA) is 77.0 Å². The number of hydrazone groups is 1. The molecule has 0 heterocycles.